The predicted molar refractivity (Wildman–Crippen MR) is 78.3 cm³/mol. The van der Waals surface area contributed by atoms with Crippen LogP contribution in [0, 0.1) is 17.8 Å². The molecule has 92 valence electrons. The van der Waals surface area contributed by atoms with E-state index in [0.29, 0.717) is 0 Å². The minimum Gasteiger partial charge on any atom is -0.251 e. The normalized spacial score (nSPS) is 15.8. The molecule has 0 bridgehead atoms. The lowest BCUT2D eigenvalue weighted by molar-refractivity contribution is 0.567. The fourth-order valence-corrected chi connectivity index (χ4v) is 2.94. The summed E-state index contributed by atoms with van der Waals surface area (Å²) >= 11 is 0. The topological polar surface area (TPSA) is 17.8 Å². The summed E-state index contributed by atoms with van der Waals surface area (Å²) in [5.41, 5.74) is 2.22. The summed E-state index contributed by atoms with van der Waals surface area (Å²) in [4.78, 5) is 0. The van der Waals surface area contributed by atoms with Crippen molar-refractivity contribution in [3.8, 4) is 11.8 Å². The first-order chi connectivity index (χ1) is 8.83. The predicted octanol–water partition coefficient (Wildman–Crippen LogP) is 3.61. The van der Waals surface area contributed by atoms with E-state index >= 15 is 0 Å². The van der Waals surface area contributed by atoms with Crippen LogP contribution in [0.25, 0.3) is 10.9 Å². The van der Waals surface area contributed by atoms with E-state index < -0.39 is 0 Å². The summed E-state index contributed by atoms with van der Waals surface area (Å²) in [6, 6.07) is 6.27. The van der Waals surface area contributed by atoms with Crippen molar-refractivity contribution in [2.45, 2.75) is 32.1 Å². The molecular formula is C15H17N2P. The first kappa shape index (κ1) is 11.8. The van der Waals surface area contributed by atoms with Crippen molar-refractivity contribution >= 4 is 20.3 Å². The highest BCUT2D eigenvalue weighted by Gasteiger charge is 2.12. The van der Waals surface area contributed by atoms with Gasteiger partial charge >= 0.3 is 0 Å². The Balaban J connectivity index is 1.76. The number of benzene rings is 1. The molecule has 0 radical (unpaired) electrons. The molecule has 0 amide bonds. The van der Waals surface area contributed by atoms with Crippen LogP contribution in [0.1, 0.15) is 37.7 Å². The van der Waals surface area contributed by atoms with Gasteiger partial charge in [0.2, 0.25) is 0 Å². The third-order valence-electron chi connectivity index (χ3n) is 3.69. The zero-order chi connectivity index (χ0) is 12.4. The fraction of sp³-hybridized carbons (Fsp3) is 0.400. The molecule has 0 aliphatic heterocycles. The van der Waals surface area contributed by atoms with E-state index in [0.717, 1.165) is 28.8 Å². The maximum absolute atomic E-state index is 4.21. The van der Waals surface area contributed by atoms with E-state index in [4.69, 9.17) is 0 Å². The van der Waals surface area contributed by atoms with Crippen molar-refractivity contribution < 1.29 is 0 Å². The van der Waals surface area contributed by atoms with Gasteiger partial charge in [-0.3, -0.25) is 4.45 Å². The summed E-state index contributed by atoms with van der Waals surface area (Å²) in [7, 11) is 2.58. The highest BCUT2D eigenvalue weighted by atomic mass is 31.0. The minimum atomic E-state index is 0.844. The van der Waals surface area contributed by atoms with Gasteiger partial charge in [0.25, 0.3) is 0 Å². The Morgan fingerprint density at radius 3 is 3.00 bits per heavy atom. The second kappa shape index (κ2) is 5.12. The molecule has 1 unspecified atom stereocenters. The molecule has 18 heavy (non-hydrogen) atoms. The smallest absolute Gasteiger partial charge is 0.0718 e. The zero-order valence-electron chi connectivity index (χ0n) is 10.4. The van der Waals surface area contributed by atoms with Gasteiger partial charge < -0.3 is 0 Å². The van der Waals surface area contributed by atoms with Gasteiger partial charge in [0.1, 0.15) is 0 Å². The Labute approximate surface area is 110 Å². The van der Waals surface area contributed by atoms with Crippen LogP contribution in [0.2, 0.25) is 0 Å². The van der Waals surface area contributed by atoms with E-state index in [1.165, 1.54) is 25.7 Å². The number of nitrogens with zero attached hydrogens (tertiary/aromatic N) is 2. The molecular weight excluding hydrogens is 239 g/mol. The maximum atomic E-state index is 4.21. The lowest BCUT2D eigenvalue weighted by atomic mass is 10.0. The van der Waals surface area contributed by atoms with Gasteiger partial charge in [-0.2, -0.15) is 5.10 Å². The Kier molecular flexibility index (Phi) is 3.35. The molecule has 3 heteroatoms. The molecule has 1 aromatic carbocycles. The summed E-state index contributed by atoms with van der Waals surface area (Å²) in [5, 5.41) is 5.36. The SMILES string of the molecule is Pn1ncc2cc(C#CCC3CCCC3)ccc21. The second-order valence-corrected chi connectivity index (χ2v) is 5.51. The van der Waals surface area contributed by atoms with E-state index in [9.17, 15) is 0 Å². The van der Waals surface area contributed by atoms with Gasteiger partial charge in [-0.25, -0.2) is 0 Å². The Morgan fingerprint density at radius 1 is 1.33 bits per heavy atom. The highest BCUT2D eigenvalue weighted by Crippen LogP contribution is 2.27. The Morgan fingerprint density at radius 2 is 2.17 bits per heavy atom. The van der Waals surface area contributed by atoms with Crippen LogP contribution in [-0.2, 0) is 0 Å². The maximum Gasteiger partial charge on any atom is 0.0718 e. The molecule has 2 nitrogen and oxygen atoms in total. The molecule has 1 heterocycles. The average molecular weight is 256 g/mol. The molecule has 0 saturated heterocycles. The van der Waals surface area contributed by atoms with Crippen molar-refractivity contribution in [2.24, 2.45) is 5.92 Å². The van der Waals surface area contributed by atoms with E-state index in [-0.39, 0.29) is 0 Å². The zero-order valence-corrected chi connectivity index (χ0v) is 11.5. The molecule has 3 rings (SSSR count). The molecule has 1 aliphatic rings. The first-order valence-corrected chi connectivity index (χ1v) is 7.06. The van der Waals surface area contributed by atoms with Crippen molar-refractivity contribution in [3.05, 3.63) is 30.0 Å². The molecule has 2 aromatic rings. The van der Waals surface area contributed by atoms with Crippen molar-refractivity contribution in [1.29, 1.82) is 0 Å². The van der Waals surface area contributed by atoms with Crippen molar-refractivity contribution in [1.82, 2.24) is 9.55 Å². The van der Waals surface area contributed by atoms with Crippen LogP contribution >= 0.6 is 9.39 Å². The van der Waals surface area contributed by atoms with Crippen LogP contribution in [0.15, 0.2) is 24.4 Å². The lowest BCUT2D eigenvalue weighted by Crippen LogP contribution is -1.89. The molecule has 0 spiro atoms. The third kappa shape index (κ3) is 2.42. The van der Waals surface area contributed by atoms with Gasteiger partial charge in [-0.05, 0) is 46.3 Å². The first-order valence-electron chi connectivity index (χ1n) is 6.55. The molecule has 1 aromatic heterocycles. The molecule has 1 atom stereocenters. The van der Waals surface area contributed by atoms with Gasteiger partial charge in [0.05, 0.1) is 11.7 Å². The standard InChI is InChI=1S/C15H17N2P/c18-17-15-9-8-13(10-14(15)11-16-17)7-3-6-12-4-1-2-5-12/h8-12H,1-2,4-6,18H2. The Bertz CT molecular complexity index is 612. The van der Waals surface area contributed by atoms with Gasteiger partial charge in [0.15, 0.2) is 0 Å². The van der Waals surface area contributed by atoms with Crippen LogP contribution in [0.5, 0.6) is 0 Å². The van der Waals surface area contributed by atoms with E-state index in [1.807, 2.05) is 10.6 Å². The van der Waals surface area contributed by atoms with Crippen molar-refractivity contribution in [3.63, 3.8) is 0 Å². The summed E-state index contributed by atoms with van der Waals surface area (Å²) in [6.45, 7) is 0. The summed E-state index contributed by atoms with van der Waals surface area (Å²) in [6.07, 6.45) is 8.46. The summed E-state index contributed by atoms with van der Waals surface area (Å²) < 4.78 is 1.81. The minimum absolute atomic E-state index is 0.844. The number of hydrogen-bond donors (Lipinski definition) is 0. The molecule has 0 N–H and O–H groups in total. The van der Waals surface area contributed by atoms with Crippen LogP contribution < -0.4 is 0 Å². The fourth-order valence-electron chi connectivity index (χ4n) is 2.64. The summed E-state index contributed by atoms with van der Waals surface area (Å²) in [5.74, 6) is 7.46. The van der Waals surface area contributed by atoms with Crippen molar-refractivity contribution in [2.75, 3.05) is 0 Å². The quantitative estimate of drug-likeness (QED) is 0.563. The second-order valence-electron chi connectivity index (χ2n) is 5.02. The molecule has 1 fully saturated rings. The van der Waals surface area contributed by atoms with Crippen LogP contribution in [-0.4, -0.2) is 9.55 Å². The van der Waals surface area contributed by atoms with Gasteiger partial charge in [-0.15, -0.1) is 0 Å². The average Bonchev–Trinajstić information content (AvgIpc) is 3.00. The third-order valence-corrected chi connectivity index (χ3v) is 4.11. The van der Waals surface area contributed by atoms with Crippen LogP contribution in [0.4, 0.5) is 0 Å². The highest BCUT2D eigenvalue weighted by molar-refractivity contribution is 7.14. The molecule has 1 saturated carbocycles. The number of fused-ring (bicyclic) bond motifs is 1. The lowest BCUT2D eigenvalue weighted by Gasteiger charge is -2.00. The number of aromatic nitrogens is 2. The largest absolute Gasteiger partial charge is 0.251 e. The van der Waals surface area contributed by atoms with Gasteiger partial charge in [-0.1, -0.05) is 24.7 Å². The van der Waals surface area contributed by atoms with E-state index in [2.05, 4.69) is 44.5 Å². The Hall–Kier alpha value is -1.32. The van der Waals surface area contributed by atoms with Crippen LogP contribution in [0.3, 0.4) is 0 Å². The number of rotatable bonds is 1. The molecule has 1 aliphatic carbocycles. The van der Waals surface area contributed by atoms with E-state index in [1.54, 1.807) is 0 Å². The number of hydrogen-bond acceptors (Lipinski definition) is 1. The van der Waals surface area contributed by atoms with Gasteiger partial charge in [0, 0.05) is 17.4 Å². The monoisotopic (exact) mass is 256 g/mol.